The van der Waals surface area contributed by atoms with Crippen LogP contribution < -0.4 is 5.73 Å². The van der Waals surface area contributed by atoms with E-state index in [2.05, 4.69) is 29.4 Å². The van der Waals surface area contributed by atoms with Gasteiger partial charge in [0.25, 0.3) is 0 Å². The van der Waals surface area contributed by atoms with E-state index in [1.807, 2.05) is 0 Å². The van der Waals surface area contributed by atoms with Crippen LogP contribution in [0.4, 0.5) is 5.69 Å². The molecule has 0 unspecified atom stereocenters. The van der Waals surface area contributed by atoms with Gasteiger partial charge in [0.2, 0.25) is 0 Å². The number of nitrogens with zero attached hydrogens (tertiary/aromatic N) is 4. The van der Waals surface area contributed by atoms with Crippen LogP contribution in [-0.4, -0.2) is 20.2 Å². The molecule has 0 amide bonds. The molecule has 1 aromatic carbocycles. The lowest BCUT2D eigenvalue weighted by atomic mass is 10.1. The third-order valence-electron chi connectivity index (χ3n) is 2.38. The monoisotopic (exact) mass is 285 g/mol. The molecular weight excluding hydrogens is 273 g/mol. The van der Waals surface area contributed by atoms with E-state index in [9.17, 15) is 0 Å². The average Bonchev–Trinajstić information content (AvgIpc) is 2.72. The molecule has 7 heteroatoms. The summed E-state index contributed by atoms with van der Waals surface area (Å²) in [4.78, 5) is 0. The molecule has 5 nitrogen and oxygen atoms in total. The lowest BCUT2D eigenvalue weighted by Gasteiger charge is -2.09. The summed E-state index contributed by atoms with van der Waals surface area (Å²) < 4.78 is 1.73. The van der Waals surface area contributed by atoms with Gasteiger partial charge in [-0.15, -0.1) is 5.10 Å². The van der Waals surface area contributed by atoms with Crippen LogP contribution in [0.5, 0.6) is 0 Å². The molecule has 0 fully saturated rings. The maximum absolute atomic E-state index is 6.00. The highest BCUT2D eigenvalue weighted by atomic mass is 35.5. The average molecular weight is 286 g/mol. The summed E-state index contributed by atoms with van der Waals surface area (Å²) in [5, 5.41) is 12.4. The fourth-order valence-corrected chi connectivity index (χ4v) is 1.96. The second-order valence-electron chi connectivity index (χ2n) is 4.44. The number of hydrogen-bond acceptors (Lipinski definition) is 4. The van der Waals surface area contributed by atoms with Crippen LogP contribution in [0.25, 0.3) is 11.4 Å². The normalized spacial score (nSPS) is 11.2. The summed E-state index contributed by atoms with van der Waals surface area (Å²) in [6, 6.07) is 3.43. The summed E-state index contributed by atoms with van der Waals surface area (Å²) in [6.45, 7) is 4.91. The van der Waals surface area contributed by atoms with Gasteiger partial charge in [0, 0.05) is 12.1 Å². The minimum Gasteiger partial charge on any atom is -0.397 e. The largest absolute Gasteiger partial charge is 0.397 e. The van der Waals surface area contributed by atoms with Crippen molar-refractivity contribution in [3.05, 3.63) is 22.2 Å². The molecule has 0 saturated heterocycles. The minimum absolute atomic E-state index is 0.350. The van der Waals surface area contributed by atoms with Gasteiger partial charge in [0.15, 0.2) is 5.82 Å². The molecule has 0 atom stereocenters. The van der Waals surface area contributed by atoms with Gasteiger partial charge < -0.3 is 5.73 Å². The van der Waals surface area contributed by atoms with Crippen LogP contribution in [0.3, 0.4) is 0 Å². The maximum Gasteiger partial charge on any atom is 0.182 e. The van der Waals surface area contributed by atoms with Crippen LogP contribution in [0.1, 0.15) is 13.8 Å². The van der Waals surface area contributed by atoms with Gasteiger partial charge in [-0.3, -0.25) is 0 Å². The van der Waals surface area contributed by atoms with Gasteiger partial charge in [-0.05, 0) is 28.5 Å². The highest BCUT2D eigenvalue weighted by Gasteiger charge is 2.13. The Morgan fingerprint density at radius 2 is 2.06 bits per heavy atom. The number of nitrogens with two attached hydrogens (primary N) is 1. The minimum atomic E-state index is 0.350. The quantitative estimate of drug-likeness (QED) is 0.881. The molecule has 1 aromatic heterocycles. The first-order chi connectivity index (χ1) is 8.49. The van der Waals surface area contributed by atoms with Crippen molar-refractivity contribution in [1.82, 2.24) is 20.2 Å². The molecule has 2 N–H and O–H groups in total. The van der Waals surface area contributed by atoms with Crippen molar-refractivity contribution < 1.29 is 0 Å². The molecule has 0 aliphatic carbocycles. The maximum atomic E-state index is 6.00. The van der Waals surface area contributed by atoms with E-state index in [0.29, 0.717) is 27.5 Å². The van der Waals surface area contributed by atoms with Gasteiger partial charge in [-0.2, -0.15) is 0 Å². The van der Waals surface area contributed by atoms with Crippen LogP contribution in [0.2, 0.25) is 10.0 Å². The molecule has 0 bridgehead atoms. The molecular formula is C11H13Cl2N5. The van der Waals surface area contributed by atoms with E-state index >= 15 is 0 Å². The Kier molecular flexibility index (Phi) is 3.73. The predicted molar refractivity (Wildman–Crippen MR) is 72.5 cm³/mol. The van der Waals surface area contributed by atoms with E-state index in [4.69, 9.17) is 28.9 Å². The standard InChI is InChI=1S/C11H13Cl2N5/c1-6(2)5-18-11(15-16-17-18)7-3-8(12)10(13)9(14)4-7/h3-4,6H,5,14H2,1-2H3. The van der Waals surface area contributed by atoms with Crippen molar-refractivity contribution in [3.63, 3.8) is 0 Å². The summed E-state index contributed by atoms with van der Waals surface area (Å²) >= 11 is 11.9. The second kappa shape index (κ2) is 5.12. The summed E-state index contributed by atoms with van der Waals surface area (Å²) in [6.07, 6.45) is 0. The topological polar surface area (TPSA) is 69.6 Å². The van der Waals surface area contributed by atoms with Crippen LogP contribution in [0.15, 0.2) is 12.1 Å². The van der Waals surface area contributed by atoms with Gasteiger partial charge in [-0.25, -0.2) is 4.68 Å². The molecule has 2 rings (SSSR count). The van der Waals surface area contributed by atoms with Crippen molar-refractivity contribution in [1.29, 1.82) is 0 Å². The number of anilines is 1. The number of nitrogen functional groups attached to an aromatic ring is 1. The van der Waals surface area contributed by atoms with Crippen molar-refractivity contribution in [2.24, 2.45) is 5.92 Å². The first kappa shape index (κ1) is 13.1. The number of rotatable bonds is 3. The van der Waals surface area contributed by atoms with Gasteiger partial charge >= 0.3 is 0 Å². The number of halogens is 2. The zero-order chi connectivity index (χ0) is 13.3. The smallest absolute Gasteiger partial charge is 0.182 e. The molecule has 2 aromatic rings. The Morgan fingerprint density at radius 3 is 2.67 bits per heavy atom. The van der Waals surface area contributed by atoms with Gasteiger partial charge in [-0.1, -0.05) is 37.0 Å². The molecule has 0 spiro atoms. The fraction of sp³-hybridized carbons (Fsp3) is 0.364. The lowest BCUT2D eigenvalue weighted by Crippen LogP contribution is -2.08. The second-order valence-corrected chi connectivity index (χ2v) is 5.22. The zero-order valence-electron chi connectivity index (χ0n) is 10.1. The van der Waals surface area contributed by atoms with Crippen LogP contribution >= 0.6 is 23.2 Å². The Balaban J connectivity index is 2.46. The molecule has 96 valence electrons. The summed E-state index contributed by atoms with van der Waals surface area (Å²) in [5.74, 6) is 1.07. The molecule has 0 aliphatic heterocycles. The lowest BCUT2D eigenvalue weighted by molar-refractivity contribution is 0.475. The fourth-order valence-electron chi connectivity index (χ4n) is 1.62. The number of aromatic nitrogens is 4. The molecule has 0 saturated carbocycles. The van der Waals surface area contributed by atoms with E-state index in [1.165, 1.54) is 0 Å². The number of hydrogen-bond donors (Lipinski definition) is 1. The van der Waals surface area contributed by atoms with Crippen molar-refractivity contribution >= 4 is 28.9 Å². The molecule has 0 radical (unpaired) electrons. The SMILES string of the molecule is CC(C)Cn1nnnc1-c1cc(N)c(Cl)c(Cl)c1. The Bertz CT molecular complexity index is 541. The Morgan fingerprint density at radius 1 is 1.33 bits per heavy atom. The summed E-state index contributed by atoms with van der Waals surface area (Å²) in [5.41, 5.74) is 6.96. The Hall–Kier alpha value is -1.33. The van der Waals surface area contributed by atoms with Crippen LogP contribution in [-0.2, 0) is 6.54 Å². The van der Waals surface area contributed by atoms with Gasteiger partial charge in [0.1, 0.15) is 0 Å². The first-order valence-corrected chi connectivity index (χ1v) is 6.25. The summed E-state index contributed by atoms with van der Waals surface area (Å²) in [7, 11) is 0. The first-order valence-electron chi connectivity index (χ1n) is 5.50. The third-order valence-corrected chi connectivity index (χ3v) is 3.20. The van der Waals surface area contributed by atoms with E-state index in [0.717, 1.165) is 12.1 Å². The van der Waals surface area contributed by atoms with Gasteiger partial charge in [0.05, 0.1) is 15.7 Å². The molecule has 1 heterocycles. The molecule has 0 aliphatic rings. The van der Waals surface area contributed by atoms with E-state index in [1.54, 1.807) is 16.8 Å². The third kappa shape index (κ3) is 2.57. The zero-order valence-corrected chi connectivity index (χ0v) is 11.6. The number of benzene rings is 1. The van der Waals surface area contributed by atoms with E-state index < -0.39 is 0 Å². The molecule has 18 heavy (non-hydrogen) atoms. The van der Waals surface area contributed by atoms with Crippen molar-refractivity contribution in [2.45, 2.75) is 20.4 Å². The highest BCUT2D eigenvalue weighted by Crippen LogP contribution is 2.32. The Labute approximate surface area is 115 Å². The number of tetrazole rings is 1. The predicted octanol–water partition coefficient (Wildman–Crippen LogP) is 2.89. The van der Waals surface area contributed by atoms with Crippen LogP contribution in [0, 0.1) is 5.92 Å². The van der Waals surface area contributed by atoms with Crippen molar-refractivity contribution in [2.75, 3.05) is 5.73 Å². The van der Waals surface area contributed by atoms with E-state index in [-0.39, 0.29) is 0 Å². The van der Waals surface area contributed by atoms with Crippen molar-refractivity contribution in [3.8, 4) is 11.4 Å². The highest BCUT2D eigenvalue weighted by molar-refractivity contribution is 6.43.